The van der Waals surface area contributed by atoms with Crippen molar-refractivity contribution in [1.29, 1.82) is 0 Å². The molecular weight excluding hydrogens is 226 g/mol. The summed E-state index contributed by atoms with van der Waals surface area (Å²) in [4.78, 5) is 0. The number of ether oxygens (including phenoxy) is 2. The largest absolute Gasteiger partial charge is 0.381 e. The molecule has 106 valence electrons. The van der Waals surface area contributed by atoms with Gasteiger partial charge in [0.15, 0.2) is 0 Å². The van der Waals surface area contributed by atoms with Crippen LogP contribution in [0.2, 0.25) is 0 Å². The number of nitrogens with one attached hydrogen (secondary N) is 1. The second-order valence-corrected chi connectivity index (χ2v) is 5.81. The van der Waals surface area contributed by atoms with Crippen molar-refractivity contribution >= 4 is 0 Å². The maximum atomic E-state index is 6.28. The predicted molar refractivity (Wildman–Crippen MR) is 73.9 cm³/mol. The first-order valence-electron chi connectivity index (χ1n) is 7.73. The van der Waals surface area contributed by atoms with Crippen molar-refractivity contribution < 1.29 is 9.47 Å². The van der Waals surface area contributed by atoms with Gasteiger partial charge in [-0.3, -0.25) is 0 Å². The summed E-state index contributed by atoms with van der Waals surface area (Å²) in [5.74, 6) is 0. The topological polar surface area (TPSA) is 30.5 Å². The Kier molecular flexibility index (Phi) is 5.93. The zero-order valence-corrected chi connectivity index (χ0v) is 12.0. The van der Waals surface area contributed by atoms with Crippen molar-refractivity contribution in [2.45, 2.75) is 82.6 Å². The van der Waals surface area contributed by atoms with Crippen LogP contribution in [0.3, 0.4) is 0 Å². The molecule has 0 aromatic carbocycles. The minimum Gasteiger partial charge on any atom is -0.381 e. The minimum atomic E-state index is 0.432. The average Bonchev–Trinajstić information content (AvgIpc) is 2.42. The van der Waals surface area contributed by atoms with Gasteiger partial charge in [0.25, 0.3) is 0 Å². The van der Waals surface area contributed by atoms with E-state index in [1.165, 1.54) is 44.9 Å². The van der Waals surface area contributed by atoms with E-state index >= 15 is 0 Å². The van der Waals surface area contributed by atoms with Crippen LogP contribution >= 0.6 is 0 Å². The van der Waals surface area contributed by atoms with E-state index < -0.39 is 0 Å². The predicted octanol–water partition coefficient (Wildman–Crippen LogP) is 2.88. The van der Waals surface area contributed by atoms with Crippen LogP contribution in [0, 0.1) is 0 Å². The lowest BCUT2D eigenvalue weighted by Gasteiger charge is -2.34. The normalized spacial score (nSPS) is 37.7. The standard InChI is InChI=1S/C15H29NO2/c1-3-16-12-7-9-13(10-8-12)18-15-6-4-5-14(11-15)17-2/h12-16H,3-11H2,1-2H3. The molecule has 0 bridgehead atoms. The molecular formula is C15H29NO2. The summed E-state index contributed by atoms with van der Waals surface area (Å²) in [7, 11) is 1.83. The monoisotopic (exact) mass is 255 g/mol. The lowest BCUT2D eigenvalue weighted by atomic mass is 9.91. The van der Waals surface area contributed by atoms with Crippen molar-refractivity contribution in [3.8, 4) is 0 Å². The van der Waals surface area contributed by atoms with Crippen LogP contribution < -0.4 is 5.32 Å². The molecule has 2 fully saturated rings. The summed E-state index contributed by atoms with van der Waals surface area (Å²) >= 11 is 0. The van der Waals surface area contributed by atoms with Crippen molar-refractivity contribution in [2.24, 2.45) is 0 Å². The average molecular weight is 255 g/mol. The first-order valence-corrected chi connectivity index (χ1v) is 7.73. The SMILES string of the molecule is CCNC1CCC(OC2CCCC(OC)C2)CC1. The molecule has 0 spiro atoms. The van der Waals surface area contributed by atoms with E-state index in [0.29, 0.717) is 18.3 Å². The maximum absolute atomic E-state index is 6.28. The van der Waals surface area contributed by atoms with Crippen LogP contribution in [0.25, 0.3) is 0 Å². The highest BCUT2D eigenvalue weighted by atomic mass is 16.5. The zero-order chi connectivity index (χ0) is 12.8. The Balaban J connectivity index is 1.67. The fourth-order valence-corrected chi connectivity index (χ4v) is 3.40. The summed E-state index contributed by atoms with van der Waals surface area (Å²) in [6, 6.07) is 0.730. The fourth-order valence-electron chi connectivity index (χ4n) is 3.40. The van der Waals surface area contributed by atoms with Crippen LogP contribution in [-0.4, -0.2) is 38.0 Å². The fraction of sp³-hybridized carbons (Fsp3) is 1.00. The lowest BCUT2D eigenvalue weighted by molar-refractivity contribution is -0.0768. The van der Waals surface area contributed by atoms with Crippen LogP contribution in [0.5, 0.6) is 0 Å². The quantitative estimate of drug-likeness (QED) is 0.819. The van der Waals surface area contributed by atoms with E-state index in [-0.39, 0.29) is 0 Å². The number of hydrogen-bond donors (Lipinski definition) is 1. The molecule has 3 nitrogen and oxygen atoms in total. The van der Waals surface area contributed by atoms with Crippen LogP contribution in [0.15, 0.2) is 0 Å². The van der Waals surface area contributed by atoms with E-state index in [9.17, 15) is 0 Å². The van der Waals surface area contributed by atoms with Gasteiger partial charge >= 0.3 is 0 Å². The van der Waals surface area contributed by atoms with Crippen molar-refractivity contribution in [3.63, 3.8) is 0 Å². The molecule has 2 aliphatic carbocycles. The number of rotatable bonds is 5. The highest BCUT2D eigenvalue weighted by molar-refractivity contribution is 4.80. The summed E-state index contributed by atoms with van der Waals surface area (Å²) < 4.78 is 11.8. The van der Waals surface area contributed by atoms with Crippen molar-refractivity contribution in [3.05, 3.63) is 0 Å². The van der Waals surface area contributed by atoms with Gasteiger partial charge in [0.2, 0.25) is 0 Å². The second-order valence-electron chi connectivity index (χ2n) is 5.81. The van der Waals surface area contributed by atoms with Crippen molar-refractivity contribution in [2.75, 3.05) is 13.7 Å². The minimum absolute atomic E-state index is 0.432. The molecule has 2 aliphatic rings. The van der Waals surface area contributed by atoms with Crippen LogP contribution in [0.4, 0.5) is 0 Å². The molecule has 0 aliphatic heterocycles. The molecule has 0 radical (unpaired) electrons. The molecule has 2 saturated carbocycles. The van der Waals surface area contributed by atoms with Gasteiger partial charge in [0.05, 0.1) is 18.3 Å². The Bertz CT molecular complexity index is 227. The molecule has 2 unspecified atom stereocenters. The van der Waals surface area contributed by atoms with Gasteiger partial charge in [0.1, 0.15) is 0 Å². The number of methoxy groups -OCH3 is 1. The molecule has 0 amide bonds. The third kappa shape index (κ3) is 4.22. The van der Waals surface area contributed by atoms with Gasteiger partial charge in [-0.05, 0) is 57.9 Å². The van der Waals surface area contributed by atoms with Gasteiger partial charge < -0.3 is 14.8 Å². The Morgan fingerprint density at radius 3 is 2.33 bits per heavy atom. The molecule has 2 rings (SSSR count). The van der Waals surface area contributed by atoms with Gasteiger partial charge in [-0.25, -0.2) is 0 Å². The zero-order valence-electron chi connectivity index (χ0n) is 12.0. The highest BCUT2D eigenvalue weighted by Crippen LogP contribution is 2.28. The Hall–Kier alpha value is -0.120. The Labute approximate surface area is 112 Å². The molecule has 0 aromatic rings. The third-order valence-electron chi connectivity index (χ3n) is 4.46. The molecule has 0 aromatic heterocycles. The first-order chi connectivity index (χ1) is 8.81. The Morgan fingerprint density at radius 1 is 0.944 bits per heavy atom. The van der Waals surface area contributed by atoms with Gasteiger partial charge in [-0.2, -0.15) is 0 Å². The molecule has 2 atom stereocenters. The van der Waals surface area contributed by atoms with Crippen LogP contribution in [-0.2, 0) is 9.47 Å². The molecule has 3 heteroatoms. The summed E-state index contributed by atoms with van der Waals surface area (Å²) in [6.07, 6.45) is 11.2. The van der Waals surface area contributed by atoms with Crippen LogP contribution in [0.1, 0.15) is 58.3 Å². The molecule has 18 heavy (non-hydrogen) atoms. The van der Waals surface area contributed by atoms with Crippen molar-refractivity contribution in [1.82, 2.24) is 5.32 Å². The van der Waals surface area contributed by atoms with Gasteiger partial charge in [-0.15, -0.1) is 0 Å². The maximum Gasteiger partial charge on any atom is 0.0603 e. The molecule has 1 N–H and O–H groups in total. The molecule has 0 heterocycles. The lowest BCUT2D eigenvalue weighted by Crippen LogP contribution is -2.37. The third-order valence-corrected chi connectivity index (χ3v) is 4.46. The summed E-state index contributed by atoms with van der Waals surface area (Å²) in [5.41, 5.74) is 0. The van der Waals surface area contributed by atoms with E-state index in [1.54, 1.807) is 0 Å². The first kappa shape index (κ1) is 14.3. The Morgan fingerprint density at radius 2 is 1.67 bits per heavy atom. The van der Waals surface area contributed by atoms with Gasteiger partial charge in [0, 0.05) is 13.2 Å². The number of hydrogen-bond acceptors (Lipinski definition) is 3. The van der Waals surface area contributed by atoms with E-state index in [1.807, 2.05) is 7.11 Å². The van der Waals surface area contributed by atoms with E-state index in [4.69, 9.17) is 9.47 Å². The van der Waals surface area contributed by atoms with E-state index in [2.05, 4.69) is 12.2 Å². The smallest absolute Gasteiger partial charge is 0.0603 e. The summed E-state index contributed by atoms with van der Waals surface area (Å²) in [6.45, 7) is 3.28. The second kappa shape index (κ2) is 7.46. The summed E-state index contributed by atoms with van der Waals surface area (Å²) in [5, 5.41) is 3.55. The highest BCUT2D eigenvalue weighted by Gasteiger charge is 2.27. The van der Waals surface area contributed by atoms with E-state index in [0.717, 1.165) is 19.0 Å². The molecule has 0 saturated heterocycles. The van der Waals surface area contributed by atoms with Gasteiger partial charge in [-0.1, -0.05) is 6.92 Å².